The molecule has 0 amide bonds. The molecule has 4 aliphatic rings. The number of carboxylic acid groups (broad SMARTS) is 1. The molecule has 114 valence electrons. The van der Waals surface area contributed by atoms with Crippen molar-refractivity contribution in [1.29, 1.82) is 0 Å². The van der Waals surface area contributed by atoms with Gasteiger partial charge in [-0.15, -0.1) is 0 Å². The molecule has 21 heavy (non-hydrogen) atoms. The van der Waals surface area contributed by atoms with Crippen LogP contribution in [-0.2, 0) is 12.8 Å². The van der Waals surface area contributed by atoms with Crippen LogP contribution in [0.4, 0.5) is 0 Å². The molecule has 4 aliphatic carbocycles. The van der Waals surface area contributed by atoms with Crippen molar-refractivity contribution in [3.8, 4) is 0 Å². The Morgan fingerprint density at radius 3 is 2.24 bits per heavy atom. The summed E-state index contributed by atoms with van der Waals surface area (Å²) < 4.78 is 5.60. The van der Waals surface area contributed by atoms with E-state index in [9.17, 15) is 9.90 Å². The van der Waals surface area contributed by atoms with Crippen LogP contribution in [0.5, 0.6) is 0 Å². The second kappa shape index (κ2) is 4.59. The van der Waals surface area contributed by atoms with Gasteiger partial charge in [-0.05, 0) is 68.1 Å². The fourth-order valence-corrected chi connectivity index (χ4v) is 5.71. The number of nitrogens with zero attached hydrogens (tertiary/aromatic N) is 1. The number of rotatable bonds is 4. The van der Waals surface area contributed by atoms with Gasteiger partial charge in [0.05, 0.1) is 5.69 Å². The molecule has 1 heterocycles. The topological polar surface area (TPSA) is 63.3 Å². The van der Waals surface area contributed by atoms with E-state index in [0.29, 0.717) is 23.4 Å². The normalized spacial score (nSPS) is 37.1. The number of aromatic carboxylic acids is 1. The van der Waals surface area contributed by atoms with Crippen LogP contribution in [0.25, 0.3) is 0 Å². The molecule has 0 atom stereocenters. The first-order valence-electron chi connectivity index (χ1n) is 8.29. The first-order valence-corrected chi connectivity index (χ1v) is 8.29. The molecule has 1 aromatic rings. The Morgan fingerprint density at radius 2 is 1.81 bits per heavy atom. The zero-order valence-electron chi connectivity index (χ0n) is 12.6. The Morgan fingerprint density at radius 1 is 1.24 bits per heavy atom. The van der Waals surface area contributed by atoms with Crippen LogP contribution in [0.15, 0.2) is 4.42 Å². The summed E-state index contributed by atoms with van der Waals surface area (Å²) in [5, 5.41) is 9.21. The average molecular weight is 289 g/mol. The number of hydrogen-bond donors (Lipinski definition) is 1. The molecule has 0 radical (unpaired) electrons. The number of carboxylic acids is 1. The smallest absolute Gasteiger partial charge is 0.373 e. The summed E-state index contributed by atoms with van der Waals surface area (Å²) >= 11 is 0. The third kappa shape index (κ3) is 2.19. The average Bonchev–Trinajstić information content (AvgIpc) is 2.79. The van der Waals surface area contributed by atoms with Gasteiger partial charge in [0.1, 0.15) is 0 Å². The van der Waals surface area contributed by atoms with E-state index in [1.165, 1.54) is 38.5 Å². The van der Waals surface area contributed by atoms with E-state index < -0.39 is 5.97 Å². The lowest BCUT2D eigenvalue weighted by molar-refractivity contribution is -0.0552. The van der Waals surface area contributed by atoms with Crippen molar-refractivity contribution in [3.05, 3.63) is 17.3 Å². The lowest BCUT2D eigenvalue weighted by Gasteiger charge is -2.56. The molecule has 0 spiro atoms. The fourth-order valence-electron chi connectivity index (χ4n) is 5.71. The lowest BCUT2D eigenvalue weighted by atomic mass is 9.49. The van der Waals surface area contributed by atoms with Crippen LogP contribution < -0.4 is 0 Å². The first kappa shape index (κ1) is 13.4. The molecular formula is C17H23NO3. The van der Waals surface area contributed by atoms with Crippen molar-refractivity contribution in [2.75, 3.05) is 0 Å². The van der Waals surface area contributed by atoms with Crippen LogP contribution in [0.2, 0.25) is 0 Å². The number of aromatic nitrogens is 1. The summed E-state index contributed by atoms with van der Waals surface area (Å²) in [6.07, 6.45) is 9.62. The molecule has 5 rings (SSSR count). The fraction of sp³-hybridized carbons (Fsp3) is 0.765. The monoisotopic (exact) mass is 289 g/mol. The lowest BCUT2D eigenvalue weighted by Crippen LogP contribution is -2.47. The highest BCUT2D eigenvalue weighted by atomic mass is 16.4. The Balaban J connectivity index is 1.60. The van der Waals surface area contributed by atoms with E-state index in [0.717, 1.165) is 24.2 Å². The van der Waals surface area contributed by atoms with Gasteiger partial charge in [0.2, 0.25) is 5.76 Å². The summed E-state index contributed by atoms with van der Waals surface area (Å²) in [5.41, 5.74) is 0.947. The Kier molecular flexibility index (Phi) is 2.92. The molecule has 4 heteroatoms. The molecule has 4 bridgehead atoms. The van der Waals surface area contributed by atoms with Gasteiger partial charge < -0.3 is 9.52 Å². The Bertz CT molecular complexity index is 539. The number of carbonyl (C=O) groups is 1. The van der Waals surface area contributed by atoms with E-state index in [1.807, 2.05) is 6.92 Å². The second-order valence-electron chi connectivity index (χ2n) is 7.64. The zero-order valence-corrected chi connectivity index (χ0v) is 12.6. The van der Waals surface area contributed by atoms with E-state index in [4.69, 9.17) is 4.42 Å². The van der Waals surface area contributed by atoms with Gasteiger partial charge in [0.25, 0.3) is 0 Å². The van der Waals surface area contributed by atoms with Crippen molar-refractivity contribution >= 4 is 5.97 Å². The third-order valence-corrected chi connectivity index (χ3v) is 5.96. The molecule has 4 nitrogen and oxygen atoms in total. The highest BCUT2D eigenvalue weighted by Gasteiger charge is 2.51. The maximum Gasteiger partial charge on any atom is 0.373 e. The van der Waals surface area contributed by atoms with E-state index in [2.05, 4.69) is 4.98 Å². The van der Waals surface area contributed by atoms with Crippen LogP contribution >= 0.6 is 0 Å². The maximum absolute atomic E-state index is 11.2. The van der Waals surface area contributed by atoms with E-state index in [-0.39, 0.29) is 5.76 Å². The van der Waals surface area contributed by atoms with Crippen molar-refractivity contribution < 1.29 is 14.3 Å². The summed E-state index contributed by atoms with van der Waals surface area (Å²) in [6.45, 7) is 1.93. The van der Waals surface area contributed by atoms with Crippen molar-refractivity contribution in [2.24, 2.45) is 23.2 Å². The van der Waals surface area contributed by atoms with Gasteiger partial charge in [-0.25, -0.2) is 9.78 Å². The predicted molar refractivity (Wildman–Crippen MR) is 77.1 cm³/mol. The quantitative estimate of drug-likeness (QED) is 0.918. The van der Waals surface area contributed by atoms with Crippen molar-refractivity contribution in [3.63, 3.8) is 0 Å². The molecule has 0 saturated heterocycles. The summed E-state index contributed by atoms with van der Waals surface area (Å²) in [4.78, 5) is 15.7. The first-order chi connectivity index (χ1) is 10.1. The minimum atomic E-state index is -0.990. The molecule has 1 N–H and O–H groups in total. The SMILES string of the molecule is CCc1nc(CC23CC4CC(CC(C4)C2)C3)oc1C(=O)O. The highest BCUT2D eigenvalue weighted by Crippen LogP contribution is 2.61. The minimum Gasteiger partial charge on any atom is -0.475 e. The van der Waals surface area contributed by atoms with Crippen LogP contribution in [0.3, 0.4) is 0 Å². The molecule has 4 fully saturated rings. The second-order valence-corrected chi connectivity index (χ2v) is 7.64. The summed E-state index contributed by atoms with van der Waals surface area (Å²) in [7, 11) is 0. The van der Waals surface area contributed by atoms with Crippen molar-refractivity contribution in [2.45, 2.75) is 58.3 Å². The number of hydrogen-bond acceptors (Lipinski definition) is 3. The standard InChI is InChI=1S/C17H23NO3/c1-2-13-15(16(19)20)21-14(18-13)9-17-6-10-3-11(7-17)5-12(4-10)8-17/h10-12H,2-9H2,1H3,(H,19,20). The van der Waals surface area contributed by atoms with E-state index >= 15 is 0 Å². The number of aryl methyl sites for hydroxylation is 1. The zero-order chi connectivity index (χ0) is 14.6. The molecule has 0 aromatic carbocycles. The summed E-state index contributed by atoms with van der Waals surface area (Å²) in [5.74, 6) is 2.42. The number of oxazole rings is 1. The van der Waals surface area contributed by atoms with Crippen LogP contribution in [-0.4, -0.2) is 16.1 Å². The van der Waals surface area contributed by atoms with Crippen molar-refractivity contribution in [1.82, 2.24) is 4.98 Å². The minimum absolute atomic E-state index is 0.0530. The van der Waals surface area contributed by atoms with Gasteiger partial charge >= 0.3 is 5.97 Å². The largest absolute Gasteiger partial charge is 0.475 e. The predicted octanol–water partition coefficient (Wildman–Crippen LogP) is 3.69. The molecule has 4 saturated carbocycles. The van der Waals surface area contributed by atoms with Gasteiger partial charge in [0, 0.05) is 6.42 Å². The van der Waals surface area contributed by atoms with Crippen LogP contribution in [0, 0.1) is 23.2 Å². The van der Waals surface area contributed by atoms with Gasteiger partial charge in [0.15, 0.2) is 5.89 Å². The maximum atomic E-state index is 11.2. The molecule has 1 aromatic heterocycles. The molecular weight excluding hydrogens is 266 g/mol. The van der Waals surface area contributed by atoms with E-state index in [1.54, 1.807) is 0 Å². The van der Waals surface area contributed by atoms with Gasteiger partial charge in [-0.2, -0.15) is 0 Å². The molecule has 0 aliphatic heterocycles. The van der Waals surface area contributed by atoms with Gasteiger partial charge in [-0.3, -0.25) is 0 Å². The van der Waals surface area contributed by atoms with Crippen LogP contribution in [0.1, 0.15) is 67.6 Å². The molecule has 0 unspecified atom stereocenters. The van der Waals surface area contributed by atoms with Gasteiger partial charge in [-0.1, -0.05) is 6.92 Å². The Labute approximate surface area is 124 Å². The summed E-state index contributed by atoms with van der Waals surface area (Å²) in [6, 6.07) is 0. The highest BCUT2D eigenvalue weighted by molar-refractivity contribution is 5.85. The Hall–Kier alpha value is -1.32. The third-order valence-electron chi connectivity index (χ3n) is 5.96.